The molecule has 0 aliphatic carbocycles. The first-order chi connectivity index (χ1) is 14.1. The van der Waals surface area contributed by atoms with Crippen molar-refractivity contribution < 1.29 is 23.3 Å². The Kier molecular flexibility index (Phi) is 6.43. The summed E-state index contributed by atoms with van der Waals surface area (Å²) in [5, 5.41) is 12.8. The second-order valence-corrected chi connectivity index (χ2v) is 6.21. The van der Waals surface area contributed by atoms with E-state index in [0.29, 0.717) is 22.8 Å². The van der Waals surface area contributed by atoms with Crippen LogP contribution < -0.4 is 0 Å². The van der Waals surface area contributed by atoms with Crippen molar-refractivity contribution in [2.75, 3.05) is 13.2 Å². The van der Waals surface area contributed by atoms with E-state index in [1.54, 1.807) is 31.2 Å². The summed E-state index contributed by atoms with van der Waals surface area (Å²) < 4.78 is 15.6. The number of ether oxygens (including phenoxy) is 1. The Balaban J connectivity index is 1.68. The van der Waals surface area contributed by atoms with E-state index in [0.717, 1.165) is 0 Å². The summed E-state index contributed by atoms with van der Waals surface area (Å²) >= 11 is 0. The van der Waals surface area contributed by atoms with E-state index in [9.17, 15) is 9.59 Å². The largest absolute Gasteiger partial charge is 0.467 e. The maximum Gasteiger partial charge on any atom is 0.344 e. The Bertz CT molecular complexity index is 1000. The maximum atomic E-state index is 12.6. The molecule has 0 radical (unpaired) electrons. The van der Waals surface area contributed by atoms with Gasteiger partial charge in [0.15, 0.2) is 6.61 Å². The molecule has 29 heavy (non-hydrogen) atoms. The molecule has 0 aliphatic heterocycles. The molecule has 8 heteroatoms. The van der Waals surface area contributed by atoms with Crippen LogP contribution in [0.25, 0.3) is 11.3 Å². The number of carbonyl (C=O) groups excluding carboxylic acids is 2. The number of carbonyl (C=O) groups is 2. The molecular weight excluding hydrogens is 374 g/mol. The molecule has 1 aromatic carbocycles. The van der Waals surface area contributed by atoms with Crippen molar-refractivity contribution in [3.05, 3.63) is 65.8 Å². The van der Waals surface area contributed by atoms with Crippen LogP contribution in [0.1, 0.15) is 28.3 Å². The molecule has 2 aromatic heterocycles. The number of nitrogens with zero attached hydrogens (tertiary/aromatic N) is 3. The first kappa shape index (κ1) is 19.9. The molecule has 0 spiro atoms. The van der Waals surface area contributed by atoms with Gasteiger partial charge in [-0.05, 0) is 19.1 Å². The van der Waals surface area contributed by atoms with Gasteiger partial charge in [-0.25, -0.2) is 4.79 Å². The number of amides is 1. The third-order valence-corrected chi connectivity index (χ3v) is 4.21. The number of aromatic nitrogens is 1. The van der Waals surface area contributed by atoms with E-state index >= 15 is 0 Å². The minimum Gasteiger partial charge on any atom is -0.467 e. The molecule has 0 saturated heterocycles. The van der Waals surface area contributed by atoms with Gasteiger partial charge in [0.05, 0.1) is 25.3 Å². The van der Waals surface area contributed by atoms with Gasteiger partial charge in [-0.15, -0.1) is 0 Å². The van der Waals surface area contributed by atoms with Crippen molar-refractivity contribution in [1.29, 1.82) is 5.26 Å². The summed E-state index contributed by atoms with van der Waals surface area (Å²) in [6.45, 7) is 1.53. The Morgan fingerprint density at radius 3 is 2.69 bits per heavy atom. The molecule has 3 rings (SSSR count). The van der Waals surface area contributed by atoms with E-state index in [1.165, 1.54) is 11.2 Å². The van der Waals surface area contributed by atoms with Crippen molar-refractivity contribution in [2.24, 2.45) is 0 Å². The fourth-order valence-electron chi connectivity index (χ4n) is 2.76. The van der Waals surface area contributed by atoms with E-state index < -0.39 is 18.5 Å². The van der Waals surface area contributed by atoms with E-state index in [-0.39, 0.29) is 25.1 Å². The smallest absolute Gasteiger partial charge is 0.344 e. The molecule has 0 fully saturated rings. The number of aryl methyl sites for hydroxylation is 1. The number of benzene rings is 1. The molecule has 0 saturated carbocycles. The lowest BCUT2D eigenvalue weighted by Crippen LogP contribution is -2.35. The predicted molar refractivity (Wildman–Crippen MR) is 101 cm³/mol. The van der Waals surface area contributed by atoms with Gasteiger partial charge in [-0.2, -0.15) is 5.26 Å². The van der Waals surface area contributed by atoms with Gasteiger partial charge in [0, 0.05) is 12.1 Å². The standard InChI is InChI=1S/C21H19N3O5/c1-15-19(20(23-29-15)16-7-3-2-4-8-16)21(26)28-14-18(25)24(11-6-10-22)13-17-9-5-12-27-17/h2-5,7-9,12H,6,11,13-14H2,1H3. The minimum absolute atomic E-state index is 0.156. The van der Waals surface area contributed by atoms with Gasteiger partial charge in [-0.3, -0.25) is 4.79 Å². The zero-order valence-corrected chi connectivity index (χ0v) is 15.8. The topological polar surface area (TPSA) is 110 Å². The number of rotatable bonds is 8. The highest BCUT2D eigenvalue weighted by Gasteiger charge is 2.24. The molecule has 148 valence electrons. The van der Waals surface area contributed by atoms with E-state index in [1.807, 2.05) is 24.3 Å². The van der Waals surface area contributed by atoms with E-state index in [2.05, 4.69) is 5.16 Å². The van der Waals surface area contributed by atoms with Crippen LogP contribution in [0.15, 0.2) is 57.7 Å². The highest BCUT2D eigenvalue weighted by molar-refractivity contribution is 5.98. The fourth-order valence-corrected chi connectivity index (χ4v) is 2.76. The fraction of sp³-hybridized carbons (Fsp3) is 0.238. The van der Waals surface area contributed by atoms with Crippen molar-refractivity contribution in [1.82, 2.24) is 10.1 Å². The lowest BCUT2D eigenvalue weighted by Gasteiger charge is -2.20. The Morgan fingerprint density at radius 2 is 2.00 bits per heavy atom. The number of hydrogen-bond acceptors (Lipinski definition) is 7. The van der Waals surface area contributed by atoms with Crippen LogP contribution in [-0.2, 0) is 16.1 Å². The molecule has 0 N–H and O–H groups in total. The Labute approximate surface area is 167 Å². The third kappa shape index (κ3) is 4.90. The van der Waals surface area contributed by atoms with Crippen molar-refractivity contribution in [3.63, 3.8) is 0 Å². The van der Waals surface area contributed by atoms with Crippen molar-refractivity contribution in [3.8, 4) is 17.3 Å². The molecule has 0 bridgehead atoms. The Hall–Kier alpha value is -3.86. The predicted octanol–water partition coefficient (Wildman–Crippen LogP) is 3.34. The molecule has 1 amide bonds. The minimum atomic E-state index is -0.700. The van der Waals surface area contributed by atoms with Crippen LogP contribution in [0, 0.1) is 18.3 Å². The van der Waals surface area contributed by atoms with Gasteiger partial charge in [-0.1, -0.05) is 35.5 Å². The highest BCUT2D eigenvalue weighted by atomic mass is 16.5. The lowest BCUT2D eigenvalue weighted by molar-refractivity contribution is -0.135. The normalized spacial score (nSPS) is 10.3. The molecule has 0 aliphatic rings. The third-order valence-electron chi connectivity index (χ3n) is 4.21. The number of hydrogen-bond donors (Lipinski definition) is 0. The summed E-state index contributed by atoms with van der Waals surface area (Å²) in [6, 6.07) is 14.5. The van der Waals surface area contributed by atoms with Crippen LogP contribution in [0.3, 0.4) is 0 Å². The van der Waals surface area contributed by atoms with E-state index in [4.69, 9.17) is 18.9 Å². The monoisotopic (exact) mass is 393 g/mol. The summed E-state index contributed by atoms with van der Waals surface area (Å²) in [6.07, 6.45) is 1.66. The van der Waals surface area contributed by atoms with Gasteiger partial charge in [0.25, 0.3) is 5.91 Å². The maximum absolute atomic E-state index is 12.6. The highest BCUT2D eigenvalue weighted by Crippen LogP contribution is 2.25. The van der Waals surface area contributed by atoms with Crippen LogP contribution in [0.5, 0.6) is 0 Å². The first-order valence-corrected chi connectivity index (χ1v) is 8.96. The Morgan fingerprint density at radius 1 is 1.21 bits per heavy atom. The quantitative estimate of drug-likeness (QED) is 0.540. The average molecular weight is 393 g/mol. The van der Waals surface area contributed by atoms with Crippen LogP contribution in [0.2, 0.25) is 0 Å². The lowest BCUT2D eigenvalue weighted by atomic mass is 10.1. The first-order valence-electron chi connectivity index (χ1n) is 8.96. The SMILES string of the molecule is Cc1onc(-c2ccccc2)c1C(=O)OCC(=O)N(CCC#N)Cc1ccco1. The molecule has 0 unspecified atom stereocenters. The van der Waals surface area contributed by atoms with Gasteiger partial charge < -0.3 is 18.6 Å². The molecule has 2 heterocycles. The van der Waals surface area contributed by atoms with Gasteiger partial charge >= 0.3 is 5.97 Å². The van der Waals surface area contributed by atoms with Gasteiger partial charge in [0.2, 0.25) is 0 Å². The summed E-state index contributed by atoms with van der Waals surface area (Å²) in [7, 11) is 0. The number of esters is 1. The summed E-state index contributed by atoms with van der Waals surface area (Å²) in [4.78, 5) is 26.6. The van der Waals surface area contributed by atoms with Crippen LogP contribution >= 0.6 is 0 Å². The molecule has 3 aromatic rings. The van der Waals surface area contributed by atoms with Crippen LogP contribution in [0.4, 0.5) is 0 Å². The average Bonchev–Trinajstić information content (AvgIpc) is 3.39. The van der Waals surface area contributed by atoms with Crippen LogP contribution in [-0.4, -0.2) is 35.1 Å². The molecule has 8 nitrogen and oxygen atoms in total. The number of furan rings is 1. The second kappa shape index (κ2) is 9.37. The molecular formula is C21H19N3O5. The summed E-state index contributed by atoms with van der Waals surface area (Å²) in [5.41, 5.74) is 1.24. The molecule has 0 atom stereocenters. The summed E-state index contributed by atoms with van der Waals surface area (Å²) in [5.74, 6) is -0.253. The number of nitriles is 1. The zero-order chi connectivity index (χ0) is 20.6. The van der Waals surface area contributed by atoms with Crippen molar-refractivity contribution in [2.45, 2.75) is 19.9 Å². The second-order valence-electron chi connectivity index (χ2n) is 6.21. The van der Waals surface area contributed by atoms with Crippen molar-refractivity contribution >= 4 is 11.9 Å². The zero-order valence-electron chi connectivity index (χ0n) is 15.8. The van der Waals surface area contributed by atoms with Gasteiger partial charge in [0.1, 0.15) is 22.8 Å².